The maximum Gasteiger partial charge on any atom is 0.161 e. The first kappa shape index (κ1) is 18.3. The minimum absolute atomic E-state index is 0.118. The average molecular weight is 379 g/mol. The SMILES string of the molecule is COc1cc2cnnc(N3CCCC(Oc4cccc(C)c4)C3)c2cc1OC. The van der Waals surface area contributed by atoms with Gasteiger partial charge in [-0.05, 0) is 49.6 Å². The minimum Gasteiger partial charge on any atom is -0.493 e. The second kappa shape index (κ2) is 7.92. The first-order valence-electron chi connectivity index (χ1n) is 9.53. The number of benzene rings is 2. The van der Waals surface area contributed by atoms with Crippen molar-refractivity contribution in [2.45, 2.75) is 25.9 Å². The van der Waals surface area contributed by atoms with Gasteiger partial charge < -0.3 is 19.1 Å². The van der Waals surface area contributed by atoms with Crippen LogP contribution < -0.4 is 19.1 Å². The largest absolute Gasteiger partial charge is 0.493 e. The molecule has 6 nitrogen and oxygen atoms in total. The van der Waals surface area contributed by atoms with Gasteiger partial charge in [0.2, 0.25) is 0 Å². The molecule has 2 aromatic carbocycles. The van der Waals surface area contributed by atoms with Crippen molar-refractivity contribution in [1.82, 2.24) is 10.2 Å². The molecule has 3 aromatic rings. The highest BCUT2D eigenvalue weighted by atomic mass is 16.5. The Morgan fingerprint density at radius 2 is 1.89 bits per heavy atom. The number of methoxy groups -OCH3 is 2. The third kappa shape index (κ3) is 3.67. The van der Waals surface area contributed by atoms with Crippen LogP contribution in [0, 0.1) is 6.92 Å². The zero-order chi connectivity index (χ0) is 19.5. The predicted molar refractivity (Wildman–Crippen MR) is 110 cm³/mol. The molecule has 0 aliphatic carbocycles. The highest BCUT2D eigenvalue weighted by Gasteiger charge is 2.24. The molecular formula is C22H25N3O3. The Hall–Kier alpha value is -3.02. The molecule has 1 aliphatic heterocycles. The van der Waals surface area contributed by atoms with Gasteiger partial charge in [-0.3, -0.25) is 0 Å². The standard InChI is InChI=1S/C22H25N3O3/c1-15-6-4-7-17(10-15)28-18-8-5-9-25(14-18)22-19-12-21(27-3)20(26-2)11-16(19)13-23-24-22/h4,6-7,10-13,18H,5,8-9,14H2,1-3H3. The lowest BCUT2D eigenvalue weighted by Gasteiger charge is -2.34. The van der Waals surface area contributed by atoms with Gasteiger partial charge in [-0.15, -0.1) is 5.10 Å². The fourth-order valence-corrected chi connectivity index (χ4v) is 3.74. The van der Waals surface area contributed by atoms with Crippen molar-refractivity contribution in [2.75, 3.05) is 32.2 Å². The van der Waals surface area contributed by atoms with Crippen LogP contribution in [0.5, 0.6) is 17.2 Å². The third-order valence-electron chi connectivity index (χ3n) is 5.12. The number of ether oxygens (including phenoxy) is 3. The van der Waals surface area contributed by atoms with Crippen LogP contribution in [0.3, 0.4) is 0 Å². The van der Waals surface area contributed by atoms with Crippen LogP contribution in [0.1, 0.15) is 18.4 Å². The summed E-state index contributed by atoms with van der Waals surface area (Å²) in [6.07, 6.45) is 3.94. The lowest BCUT2D eigenvalue weighted by Crippen LogP contribution is -2.41. The van der Waals surface area contributed by atoms with E-state index < -0.39 is 0 Å². The number of rotatable bonds is 5. The Morgan fingerprint density at radius 1 is 1.07 bits per heavy atom. The number of hydrogen-bond acceptors (Lipinski definition) is 6. The van der Waals surface area contributed by atoms with Crippen molar-refractivity contribution in [2.24, 2.45) is 0 Å². The van der Waals surface area contributed by atoms with E-state index in [1.54, 1.807) is 20.4 Å². The van der Waals surface area contributed by atoms with Crippen LogP contribution in [-0.2, 0) is 0 Å². The van der Waals surface area contributed by atoms with Gasteiger partial charge in [0.05, 0.1) is 27.0 Å². The van der Waals surface area contributed by atoms with Gasteiger partial charge >= 0.3 is 0 Å². The van der Waals surface area contributed by atoms with E-state index in [9.17, 15) is 0 Å². The maximum absolute atomic E-state index is 6.25. The Kier molecular flexibility index (Phi) is 5.19. The summed E-state index contributed by atoms with van der Waals surface area (Å²) in [5, 5.41) is 10.6. The molecule has 28 heavy (non-hydrogen) atoms. The van der Waals surface area contributed by atoms with E-state index in [0.717, 1.165) is 48.3 Å². The summed E-state index contributed by atoms with van der Waals surface area (Å²) in [5.74, 6) is 3.15. The number of nitrogens with zero attached hydrogens (tertiary/aromatic N) is 3. The van der Waals surface area contributed by atoms with Crippen LogP contribution in [0.4, 0.5) is 5.82 Å². The molecular weight excluding hydrogens is 354 g/mol. The molecule has 0 bridgehead atoms. The molecule has 0 saturated carbocycles. The van der Waals surface area contributed by atoms with Crippen molar-refractivity contribution < 1.29 is 14.2 Å². The van der Waals surface area contributed by atoms with Crippen molar-refractivity contribution in [3.05, 3.63) is 48.2 Å². The fraction of sp³-hybridized carbons (Fsp3) is 0.364. The molecule has 2 heterocycles. The summed E-state index contributed by atoms with van der Waals surface area (Å²) in [6, 6.07) is 12.1. The topological polar surface area (TPSA) is 56.7 Å². The molecule has 1 atom stereocenters. The van der Waals surface area contributed by atoms with Crippen molar-refractivity contribution in [3.63, 3.8) is 0 Å². The summed E-state index contributed by atoms with van der Waals surface area (Å²) in [5.41, 5.74) is 1.20. The van der Waals surface area contributed by atoms with Gasteiger partial charge in [-0.1, -0.05) is 12.1 Å². The normalized spacial score (nSPS) is 16.8. The molecule has 1 fully saturated rings. The number of fused-ring (bicyclic) bond motifs is 1. The van der Waals surface area contributed by atoms with Crippen LogP contribution in [0.2, 0.25) is 0 Å². The summed E-state index contributed by atoms with van der Waals surface area (Å²) < 4.78 is 17.1. The zero-order valence-corrected chi connectivity index (χ0v) is 16.5. The zero-order valence-electron chi connectivity index (χ0n) is 16.5. The van der Waals surface area contributed by atoms with Crippen LogP contribution in [0.15, 0.2) is 42.6 Å². The average Bonchev–Trinajstić information content (AvgIpc) is 2.72. The molecule has 1 aromatic heterocycles. The van der Waals surface area contributed by atoms with Crippen LogP contribution >= 0.6 is 0 Å². The number of hydrogen-bond donors (Lipinski definition) is 0. The Morgan fingerprint density at radius 3 is 2.68 bits per heavy atom. The summed E-state index contributed by atoms with van der Waals surface area (Å²) in [6.45, 7) is 3.78. The Bertz CT molecular complexity index is 976. The van der Waals surface area contributed by atoms with E-state index in [0.29, 0.717) is 11.5 Å². The van der Waals surface area contributed by atoms with Crippen LogP contribution in [-0.4, -0.2) is 43.6 Å². The van der Waals surface area contributed by atoms with Gasteiger partial charge in [-0.2, -0.15) is 5.10 Å². The number of aryl methyl sites for hydroxylation is 1. The van der Waals surface area contributed by atoms with Gasteiger partial charge in [0, 0.05) is 17.3 Å². The highest BCUT2D eigenvalue weighted by Crippen LogP contribution is 2.36. The van der Waals surface area contributed by atoms with Crippen molar-refractivity contribution in [1.29, 1.82) is 0 Å². The summed E-state index contributed by atoms with van der Waals surface area (Å²) in [4.78, 5) is 2.26. The minimum atomic E-state index is 0.118. The lowest BCUT2D eigenvalue weighted by atomic mass is 10.1. The first-order valence-corrected chi connectivity index (χ1v) is 9.53. The molecule has 1 unspecified atom stereocenters. The molecule has 146 valence electrons. The van der Waals surface area contributed by atoms with Gasteiger partial charge in [-0.25, -0.2) is 0 Å². The Balaban J connectivity index is 1.62. The maximum atomic E-state index is 6.25. The second-order valence-electron chi connectivity index (χ2n) is 7.11. The van der Waals surface area contributed by atoms with E-state index >= 15 is 0 Å². The quantitative estimate of drug-likeness (QED) is 0.668. The van der Waals surface area contributed by atoms with Gasteiger partial charge in [0.15, 0.2) is 17.3 Å². The lowest BCUT2D eigenvalue weighted by molar-refractivity contribution is 0.179. The second-order valence-corrected chi connectivity index (χ2v) is 7.11. The smallest absolute Gasteiger partial charge is 0.161 e. The summed E-state index contributed by atoms with van der Waals surface area (Å²) in [7, 11) is 3.28. The monoisotopic (exact) mass is 379 g/mol. The molecule has 0 N–H and O–H groups in total. The fourth-order valence-electron chi connectivity index (χ4n) is 3.74. The summed E-state index contributed by atoms with van der Waals surface area (Å²) >= 11 is 0. The molecule has 0 spiro atoms. The number of aromatic nitrogens is 2. The predicted octanol–water partition coefficient (Wildman–Crippen LogP) is 4.00. The van der Waals surface area contributed by atoms with Crippen molar-refractivity contribution >= 4 is 16.6 Å². The number of piperidine rings is 1. The van der Waals surface area contributed by atoms with E-state index in [4.69, 9.17) is 14.2 Å². The molecule has 6 heteroatoms. The van der Waals surface area contributed by atoms with E-state index in [2.05, 4.69) is 34.2 Å². The molecule has 1 saturated heterocycles. The van der Waals surface area contributed by atoms with E-state index in [1.807, 2.05) is 24.3 Å². The van der Waals surface area contributed by atoms with Crippen molar-refractivity contribution in [3.8, 4) is 17.2 Å². The number of anilines is 1. The highest BCUT2D eigenvalue weighted by molar-refractivity contribution is 5.94. The van der Waals surface area contributed by atoms with Gasteiger partial charge in [0.1, 0.15) is 11.9 Å². The van der Waals surface area contributed by atoms with E-state index in [1.165, 1.54) is 5.56 Å². The third-order valence-corrected chi connectivity index (χ3v) is 5.12. The van der Waals surface area contributed by atoms with Gasteiger partial charge in [0.25, 0.3) is 0 Å². The first-order chi connectivity index (χ1) is 13.7. The molecule has 0 amide bonds. The molecule has 1 aliphatic rings. The molecule has 0 radical (unpaired) electrons. The Labute approximate surface area is 165 Å². The van der Waals surface area contributed by atoms with E-state index in [-0.39, 0.29) is 6.10 Å². The van der Waals surface area contributed by atoms with Crippen LogP contribution in [0.25, 0.3) is 10.8 Å². The molecule has 4 rings (SSSR count).